The summed E-state index contributed by atoms with van der Waals surface area (Å²) in [5.74, 6) is 3.14. The van der Waals surface area contributed by atoms with E-state index in [-0.39, 0.29) is 22.9 Å². The van der Waals surface area contributed by atoms with E-state index in [2.05, 4.69) is 20.3 Å². The molecule has 3 heterocycles. The molecule has 3 aromatic heterocycles. The second-order valence-electron chi connectivity index (χ2n) is 10.2. The van der Waals surface area contributed by atoms with Crippen molar-refractivity contribution in [1.29, 1.82) is 0 Å². The van der Waals surface area contributed by atoms with Crippen LogP contribution in [-0.2, 0) is 11.6 Å². The van der Waals surface area contributed by atoms with Crippen LogP contribution in [-0.4, -0.2) is 24.8 Å². The van der Waals surface area contributed by atoms with E-state index in [1.165, 1.54) is 25.5 Å². The van der Waals surface area contributed by atoms with E-state index in [4.69, 9.17) is 4.42 Å². The van der Waals surface area contributed by atoms with Gasteiger partial charge in [-0.15, -0.1) is 10.2 Å². The summed E-state index contributed by atoms with van der Waals surface area (Å²) in [5, 5.41) is 12.7. The fraction of sp³-hybridized carbons (Fsp3) is 0.636. The van der Waals surface area contributed by atoms with Crippen LogP contribution in [0, 0.1) is 17.8 Å². The van der Waals surface area contributed by atoms with Gasteiger partial charge in [0.15, 0.2) is 5.65 Å². The van der Waals surface area contributed by atoms with E-state index in [1.807, 2.05) is 0 Å². The van der Waals surface area contributed by atoms with E-state index in [9.17, 15) is 13.2 Å². The lowest BCUT2D eigenvalue weighted by Crippen LogP contribution is -2.48. The molecule has 0 saturated heterocycles. The lowest BCUT2D eigenvalue weighted by molar-refractivity contribution is -0.142. The number of hydrogen-bond donors (Lipinski definition) is 0. The topological polar surface area (TPSA) is 69.1 Å². The van der Waals surface area contributed by atoms with Gasteiger partial charge in [0.1, 0.15) is 11.3 Å². The number of nitrogens with zero attached hydrogens (tertiary/aromatic N) is 5. The number of hydrogen-bond acceptors (Lipinski definition) is 5. The molecule has 0 unspecified atom stereocenters. The summed E-state index contributed by atoms with van der Waals surface area (Å²) in [6, 6.07) is 1.12. The average Bonchev–Trinajstić information content (AvgIpc) is 3.27. The Morgan fingerprint density at radius 3 is 2.29 bits per heavy atom. The first kappa shape index (κ1) is 18.2. The standard InChI is InChI=1S/C22H22F3N5O/c23-22(24,25)17-6-16(14-1-2-14)27-18-15(10-26-30(17)18)19-28-29-20(31-19)21-7-11-3-12(8-21)5-13(4-11)9-21/h6,10-14H,1-5,7-9H2. The Morgan fingerprint density at radius 2 is 1.68 bits per heavy atom. The number of rotatable bonds is 3. The first-order valence-corrected chi connectivity index (χ1v) is 11.2. The second kappa shape index (κ2) is 5.86. The molecule has 5 aliphatic carbocycles. The molecule has 8 rings (SSSR count). The lowest BCUT2D eigenvalue weighted by Gasteiger charge is -2.55. The zero-order valence-corrected chi connectivity index (χ0v) is 16.9. The second-order valence-corrected chi connectivity index (χ2v) is 10.2. The van der Waals surface area contributed by atoms with Crippen LogP contribution in [0.3, 0.4) is 0 Å². The lowest BCUT2D eigenvalue weighted by atomic mass is 9.49. The van der Waals surface area contributed by atoms with E-state index in [1.54, 1.807) is 0 Å². The van der Waals surface area contributed by atoms with Crippen LogP contribution in [0.15, 0.2) is 16.7 Å². The fourth-order valence-corrected chi connectivity index (χ4v) is 6.84. The smallest absolute Gasteiger partial charge is 0.420 e. The van der Waals surface area contributed by atoms with Gasteiger partial charge in [-0.1, -0.05) is 0 Å². The highest BCUT2D eigenvalue weighted by atomic mass is 19.4. The maximum absolute atomic E-state index is 13.7. The predicted molar refractivity (Wildman–Crippen MR) is 103 cm³/mol. The molecule has 0 aromatic carbocycles. The molecule has 31 heavy (non-hydrogen) atoms. The van der Waals surface area contributed by atoms with Crippen molar-refractivity contribution in [3.05, 3.63) is 29.5 Å². The molecule has 0 spiro atoms. The summed E-state index contributed by atoms with van der Waals surface area (Å²) in [7, 11) is 0. The Kier molecular flexibility index (Phi) is 3.43. The van der Waals surface area contributed by atoms with E-state index < -0.39 is 11.9 Å². The van der Waals surface area contributed by atoms with Gasteiger partial charge in [0, 0.05) is 17.0 Å². The molecule has 5 aliphatic rings. The molecular weight excluding hydrogens is 407 g/mol. The zero-order chi connectivity index (χ0) is 21.0. The van der Waals surface area contributed by atoms with Crippen molar-refractivity contribution in [1.82, 2.24) is 24.8 Å². The third kappa shape index (κ3) is 2.70. The van der Waals surface area contributed by atoms with E-state index in [0.717, 1.165) is 60.4 Å². The van der Waals surface area contributed by atoms with Crippen LogP contribution in [0.4, 0.5) is 13.2 Å². The van der Waals surface area contributed by atoms with Crippen molar-refractivity contribution in [3.63, 3.8) is 0 Å². The number of halogens is 3. The van der Waals surface area contributed by atoms with Gasteiger partial charge in [-0.3, -0.25) is 0 Å². The number of alkyl halides is 3. The molecule has 9 heteroatoms. The van der Waals surface area contributed by atoms with Crippen molar-refractivity contribution in [2.45, 2.75) is 68.9 Å². The minimum Gasteiger partial charge on any atom is -0.420 e. The summed E-state index contributed by atoms with van der Waals surface area (Å²) < 4.78 is 48.1. The van der Waals surface area contributed by atoms with Crippen LogP contribution in [0.25, 0.3) is 17.1 Å². The van der Waals surface area contributed by atoms with Crippen LogP contribution < -0.4 is 0 Å². The van der Waals surface area contributed by atoms with Gasteiger partial charge >= 0.3 is 6.18 Å². The molecule has 5 fully saturated rings. The van der Waals surface area contributed by atoms with Gasteiger partial charge in [-0.25, -0.2) is 9.50 Å². The highest BCUT2D eigenvalue weighted by molar-refractivity contribution is 5.71. The van der Waals surface area contributed by atoms with Crippen LogP contribution in [0.2, 0.25) is 0 Å². The highest BCUT2D eigenvalue weighted by Crippen LogP contribution is 2.60. The summed E-state index contributed by atoms with van der Waals surface area (Å²) in [4.78, 5) is 4.52. The summed E-state index contributed by atoms with van der Waals surface area (Å²) in [5.41, 5.74) is 0.0926. The molecule has 0 N–H and O–H groups in total. The van der Waals surface area contributed by atoms with Gasteiger partial charge in [-0.05, 0) is 75.2 Å². The number of aromatic nitrogens is 5. The minimum atomic E-state index is -4.52. The van der Waals surface area contributed by atoms with Crippen molar-refractivity contribution in [2.75, 3.05) is 0 Å². The summed E-state index contributed by atoms with van der Waals surface area (Å²) in [6.07, 6.45) is 5.74. The first-order chi connectivity index (χ1) is 14.9. The molecule has 0 atom stereocenters. The van der Waals surface area contributed by atoms with Crippen molar-refractivity contribution >= 4 is 5.65 Å². The predicted octanol–water partition coefficient (Wildman–Crippen LogP) is 5.14. The summed E-state index contributed by atoms with van der Waals surface area (Å²) >= 11 is 0. The molecule has 0 aliphatic heterocycles. The largest absolute Gasteiger partial charge is 0.433 e. The SMILES string of the molecule is FC(F)(F)c1cc(C2CC2)nc2c(-c3nnc(C45CC6CC(CC(C6)C4)C5)o3)cnn12. The Hall–Kier alpha value is -2.45. The van der Waals surface area contributed by atoms with Gasteiger partial charge in [0.2, 0.25) is 5.89 Å². The Bertz CT molecular complexity index is 1160. The van der Waals surface area contributed by atoms with E-state index in [0.29, 0.717) is 17.1 Å². The molecule has 0 amide bonds. The van der Waals surface area contributed by atoms with Crippen LogP contribution >= 0.6 is 0 Å². The minimum absolute atomic E-state index is 0.0628. The van der Waals surface area contributed by atoms with E-state index >= 15 is 0 Å². The Morgan fingerprint density at radius 1 is 1.00 bits per heavy atom. The van der Waals surface area contributed by atoms with Crippen LogP contribution in [0.1, 0.15) is 74.6 Å². The van der Waals surface area contributed by atoms with Crippen LogP contribution in [0.5, 0.6) is 0 Å². The molecular formula is C22H22F3N5O. The third-order valence-electron chi connectivity index (χ3n) is 7.93. The molecule has 5 saturated carbocycles. The third-order valence-corrected chi connectivity index (χ3v) is 7.93. The fourth-order valence-electron chi connectivity index (χ4n) is 6.84. The monoisotopic (exact) mass is 429 g/mol. The molecule has 6 nitrogen and oxygen atoms in total. The van der Waals surface area contributed by atoms with Crippen molar-refractivity contribution < 1.29 is 17.6 Å². The molecule has 162 valence electrons. The summed E-state index contributed by atoms with van der Waals surface area (Å²) in [6.45, 7) is 0. The molecule has 0 radical (unpaired) electrons. The van der Waals surface area contributed by atoms with Crippen molar-refractivity contribution in [2.24, 2.45) is 17.8 Å². The quantitative estimate of drug-likeness (QED) is 0.576. The average molecular weight is 429 g/mol. The van der Waals surface area contributed by atoms with Crippen molar-refractivity contribution in [3.8, 4) is 11.5 Å². The zero-order valence-electron chi connectivity index (χ0n) is 16.9. The maximum Gasteiger partial charge on any atom is 0.433 e. The van der Waals surface area contributed by atoms with Gasteiger partial charge in [-0.2, -0.15) is 18.3 Å². The Labute approximate surface area is 176 Å². The highest BCUT2D eigenvalue weighted by Gasteiger charge is 2.54. The number of fused-ring (bicyclic) bond motifs is 1. The normalized spacial score (nSPS) is 32.3. The van der Waals surface area contributed by atoms with Gasteiger partial charge in [0.25, 0.3) is 5.89 Å². The first-order valence-electron chi connectivity index (χ1n) is 11.2. The van der Waals surface area contributed by atoms with Gasteiger partial charge < -0.3 is 4.42 Å². The van der Waals surface area contributed by atoms with Gasteiger partial charge in [0.05, 0.1) is 6.20 Å². The molecule has 3 aromatic rings. The maximum atomic E-state index is 13.7. The Balaban J connectivity index is 1.32. The molecule has 4 bridgehead atoms.